The van der Waals surface area contributed by atoms with E-state index in [2.05, 4.69) is 47.6 Å². The van der Waals surface area contributed by atoms with Crippen molar-refractivity contribution >= 4 is 23.3 Å². The number of aryl methyl sites for hydroxylation is 1. The van der Waals surface area contributed by atoms with Crippen LogP contribution in [-0.2, 0) is 6.42 Å². The molecule has 0 radical (unpaired) electrons. The Hall–Kier alpha value is -1.69. The topological polar surface area (TPSA) is 70.7 Å². The van der Waals surface area contributed by atoms with Crippen molar-refractivity contribution in [2.75, 3.05) is 5.32 Å². The third kappa shape index (κ3) is 4.14. The normalized spacial score (nSPS) is 13.2. The molecule has 1 atom stereocenters. The Morgan fingerprint density at radius 1 is 1.43 bits per heavy atom. The van der Waals surface area contributed by atoms with Crippen molar-refractivity contribution in [3.8, 4) is 0 Å². The van der Waals surface area contributed by atoms with E-state index in [9.17, 15) is 4.79 Å². The van der Waals surface area contributed by atoms with Gasteiger partial charge < -0.3 is 5.32 Å². The third-order valence-electron chi connectivity index (χ3n) is 3.74. The summed E-state index contributed by atoms with van der Waals surface area (Å²) < 4.78 is 4.09. The summed E-state index contributed by atoms with van der Waals surface area (Å²) in [5.41, 5.74) is 1.71. The molecule has 2 rings (SSSR count). The number of aromatic amines is 1. The van der Waals surface area contributed by atoms with Gasteiger partial charge in [-0.2, -0.15) is 9.47 Å². The minimum Gasteiger partial charge on any atom is -0.304 e. The van der Waals surface area contributed by atoms with Crippen LogP contribution in [-0.4, -0.2) is 20.5 Å². The largest absolute Gasteiger partial charge is 0.304 e. The highest BCUT2D eigenvalue weighted by molar-refractivity contribution is 7.05. The molecule has 0 saturated heterocycles. The Kier molecular flexibility index (Phi) is 4.46. The maximum absolute atomic E-state index is 12.0. The van der Waals surface area contributed by atoms with E-state index in [1.165, 1.54) is 11.5 Å². The maximum atomic E-state index is 12.0. The summed E-state index contributed by atoms with van der Waals surface area (Å²) in [4.78, 5) is 13.0. The number of nitrogens with one attached hydrogen (secondary N) is 2. The average molecular weight is 306 g/mol. The zero-order valence-electron chi connectivity index (χ0n) is 13.2. The van der Waals surface area contributed by atoms with Crippen molar-refractivity contribution in [1.29, 1.82) is 0 Å². The lowest BCUT2D eigenvalue weighted by atomic mass is 9.79. The van der Waals surface area contributed by atoms with Crippen molar-refractivity contribution in [2.24, 2.45) is 11.3 Å². The summed E-state index contributed by atoms with van der Waals surface area (Å²) in [6.07, 6.45) is 0.905. The Bertz CT molecular complexity index is 624. The Balaban J connectivity index is 1.99. The molecular formula is C15H22N4OS. The van der Waals surface area contributed by atoms with E-state index in [1.807, 2.05) is 13.0 Å². The van der Waals surface area contributed by atoms with Crippen LogP contribution in [0.25, 0.3) is 0 Å². The summed E-state index contributed by atoms with van der Waals surface area (Å²) in [6, 6.07) is 3.66. The summed E-state index contributed by atoms with van der Waals surface area (Å²) in [5.74, 6) is 0.839. The van der Waals surface area contributed by atoms with E-state index >= 15 is 0 Å². The lowest BCUT2D eigenvalue weighted by molar-refractivity contribution is 0.102. The number of aromatic nitrogens is 3. The van der Waals surface area contributed by atoms with Gasteiger partial charge in [0.05, 0.1) is 0 Å². The van der Waals surface area contributed by atoms with Gasteiger partial charge in [0.25, 0.3) is 5.91 Å². The standard InChI is InChI=1S/C15H22N4OS/c1-9(15(3,4)5)6-11-8-13(18-17-11)16-14(20)12-7-10(2)21-19-12/h7-9H,6H2,1-5H3,(H2,16,17,18,20). The van der Waals surface area contributed by atoms with E-state index in [0.717, 1.165) is 17.0 Å². The van der Waals surface area contributed by atoms with Crippen molar-refractivity contribution < 1.29 is 4.79 Å². The zero-order chi connectivity index (χ0) is 15.6. The second-order valence-electron chi connectivity index (χ2n) is 6.53. The van der Waals surface area contributed by atoms with Crippen LogP contribution in [0.1, 0.15) is 48.8 Å². The van der Waals surface area contributed by atoms with Crippen molar-refractivity contribution in [2.45, 2.75) is 41.0 Å². The zero-order valence-corrected chi connectivity index (χ0v) is 14.0. The third-order valence-corrected chi connectivity index (χ3v) is 4.43. The van der Waals surface area contributed by atoms with Crippen molar-refractivity contribution in [1.82, 2.24) is 14.6 Å². The fourth-order valence-electron chi connectivity index (χ4n) is 1.82. The Labute approximate surface area is 129 Å². The number of H-pyrrole nitrogens is 1. The van der Waals surface area contributed by atoms with Gasteiger partial charge in [-0.15, -0.1) is 0 Å². The predicted molar refractivity (Wildman–Crippen MR) is 85.7 cm³/mol. The highest BCUT2D eigenvalue weighted by Crippen LogP contribution is 2.28. The highest BCUT2D eigenvalue weighted by atomic mass is 32.1. The molecule has 1 amide bonds. The van der Waals surface area contributed by atoms with E-state index < -0.39 is 0 Å². The lowest BCUT2D eigenvalue weighted by Gasteiger charge is -2.26. The molecule has 2 N–H and O–H groups in total. The van der Waals surface area contributed by atoms with E-state index in [-0.39, 0.29) is 11.3 Å². The van der Waals surface area contributed by atoms with Gasteiger partial charge in [-0.05, 0) is 42.3 Å². The van der Waals surface area contributed by atoms with Crippen LogP contribution in [0, 0.1) is 18.3 Å². The first kappa shape index (κ1) is 15.7. The number of carbonyl (C=O) groups is 1. The maximum Gasteiger partial charge on any atom is 0.276 e. The van der Waals surface area contributed by atoms with Crippen LogP contribution in [0.4, 0.5) is 5.82 Å². The number of amides is 1. The summed E-state index contributed by atoms with van der Waals surface area (Å²) in [6.45, 7) is 10.8. The van der Waals surface area contributed by atoms with Crippen molar-refractivity contribution in [3.05, 3.63) is 28.4 Å². The van der Waals surface area contributed by atoms with Gasteiger partial charge >= 0.3 is 0 Å². The van der Waals surface area contributed by atoms with Crippen molar-refractivity contribution in [3.63, 3.8) is 0 Å². The van der Waals surface area contributed by atoms with Gasteiger partial charge in [-0.1, -0.05) is 27.7 Å². The first-order valence-corrected chi connectivity index (χ1v) is 7.82. The Morgan fingerprint density at radius 3 is 2.71 bits per heavy atom. The minimum atomic E-state index is -0.221. The Morgan fingerprint density at radius 2 is 2.14 bits per heavy atom. The van der Waals surface area contributed by atoms with Crippen LogP contribution in [0.3, 0.4) is 0 Å². The summed E-state index contributed by atoms with van der Waals surface area (Å²) >= 11 is 1.32. The summed E-state index contributed by atoms with van der Waals surface area (Å²) in [7, 11) is 0. The van der Waals surface area contributed by atoms with Crippen LogP contribution in [0.2, 0.25) is 0 Å². The molecule has 0 aliphatic heterocycles. The molecule has 0 aliphatic rings. The van der Waals surface area contributed by atoms with Crippen LogP contribution in [0.5, 0.6) is 0 Å². The molecule has 0 aromatic carbocycles. The molecule has 6 heteroatoms. The van der Waals surface area contributed by atoms with Gasteiger partial charge in [-0.3, -0.25) is 9.89 Å². The molecule has 0 spiro atoms. The second-order valence-corrected chi connectivity index (χ2v) is 7.54. The molecule has 0 aliphatic carbocycles. The SMILES string of the molecule is Cc1cc(C(=O)Nc2cc(CC(C)C(C)(C)C)[nH]n2)ns1. The smallest absolute Gasteiger partial charge is 0.276 e. The molecular weight excluding hydrogens is 284 g/mol. The van der Waals surface area contributed by atoms with E-state index in [1.54, 1.807) is 6.07 Å². The number of nitrogens with zero attached hydrogens (tertiary/aromatic N) is 2. The highest BCUT2D eigenvalue weighted by Gasteiger charge is 2.21. The summed E-state index contributed by atoms with van der Waals surface area (Å²) in [5, 5.41) is 9.90. The molecule has 5 nitrogen and oxygen atoms in total. The average Bonchev–Trinajstić information content (AvgIpc) is 2.97. The number of rotatable bonds is 4. The molecule has 0 bridgehead atoms. The number of hydrogen-bond acceptors (Lipinski definition) is 4. The molecule has 0 fully saturated rings. The second kappa shape index (κ2) is 5.97. The minimum absolute atomic E-state index is 0.221. The first-order valence-electron chi connectivity index (χ1n) is 7.04. The number of carbonyl (C=O) groups excluding carboxylic acids is 1. The fourth-order valence-corrected chi connectivity index (χ4v) is 2.36. The molecule has 114 valence electrons. The molecule has 2 aromatic rings. The molecule has 2 aromatic heterocycles. The van der Waals surface area contributed by atoms with Crippen LogP contribution < -0.4 is 5.32 Å². The lowest BCUT2D eigenvalue weighted by Crippen LogP contribution is -2.19. The number of anilines is 1. The molecule has 0 saturated carbocycles. The predicted octanol–water partition coefficient (Wildman–Crippen LogP) is 3.65. The van der Waals surface area contributed by atoms with Gasteiger partial charge in [0, 0.05) is 16.6 Å². The quantitative estimate of drug-likeness (QED) is 0.905. The van der Waals surface area contributed by atoms with E-state index in [4.69, 9.17) is 0 Å². The number of hydrogen-bond donors (Lipinski definition) is 2. The van der Waals surface area contributed by atoms with Gasteiger partial charge in [0.1, 0.15) is 5.69 Å². The monoisotopic (exact) mass is 306 g/mol. The first-order chi connectivity index (χ1) is 9.75. The van der Waals surface area contributed by atoms with Gasteiger partial charge in [0.2, 0.25) is 0 Å². The molecule has 1 unspecified atom stereocenters. The molecule has 2 heterocycles. The van der Waals surface area contributed by atoms with Gasteiger partial charge in [-0.25, -0.2) is 0 Å². The van der Waals surface area contributed by atoms with E-state index in [0.29, 0.717) is 17.4 Å². The van der Waals surface area contributed by atoms with Crippen LogP contribution in [0.15, 0.2) is 12.1 Å². The van der Waals surface area contributed by atoms with Crippen LogP contribution >= 0.6 is 11.5 Å². The van der Waals surface area contributed by atoms with Gasteiger partial charge in [0.15, 0.2) is 5.82 Å². The fraction of sp³-hybridized carbons (Fsp3) is 0.533. The molecule has 21 heavy (non-hydrogen) atoms.